The monoisotopic (exact) mass is 505 g/mol. The van der Waals surface area contributed by atoms with E-state index in [1.807, 2.05) is 62.4 Å². The zero-order valence-electron chi connectivity index (χ0n) is 19.8. The lowest BCUT2D eigenvalue weighted by molar-refractivity contribution is -0.113. The summed E-state index contributed by atoms with van der Waals surface area (Å²) in [6.45, 7) is 4.52. The molecule has 0 saturated carbocycles. The van der Waals surface area contributed by atoms with E-state index in [2.05, 4.69) is 5.32 Å². The number of rotatable bonds is 7. The number of hydrogen-bond donors (Lipinski definition) is 1. The van der Waals surface area contributed by atoms with Crippen molar-refractivity contribution in [1.29, 1.82) is 0 Å². The van der Waals surface area contributed by atoms with Crippen molar-refractivity contribution in [2.45, 2.75) is 44.7 Å². The third-order valence-electron chi connectivity index (χ3n) is 6.03. The molecule has 4 aromatic rings. The third kappa shape index (κ3) is 4.99. The highest BCUT2D eigenvalue weighted by atomic mass is 32.2. The first-order valence-electron chi connectivity index (χ1n) is 11.8. The Labute approximate surface area is 212 Å². The van der Waals surface area contributed by atoms with Gasteiger partial charge in [0.2, 0.25) is 5.91 Å². The van der Waals surface area contributed by atoms with Gasteiger partial charge in [0.15, 0.2) is 5.16 Å². The van der Waals surface area contributed by atoms with Crippen molar-refractivity contribution in [3.05, 3.63) is 74.9 Å². The van der Waals surface area contributed by atoms with E-state index in [0.29, 0.717) is 17.5 Å². The van der Waals surface area contributed by atoms with E-state index in [1.54, 1.807) is 15.9 Å². The van der Waals surface area contributed by atoms with Crippen molar-refractivity contribution in [2.24, 2.45) is 0 Å². The SMILES string of the molecule is CCOc1ccc(-n2c(SCC(=O)Nc3ccc(C)cc3)nc3sc4c(c3c2=O)CCCC4)cc1. The number of fused-ring (bicyclic) bond motifs is 3. The van der Waals surface area contributed by atoms with Gasteiger partial charge >= 0.3 is 0 Å². The summed E-state index contributed by atoms with van der Waals surface area (Å²) in [4.78, 5) is 33.5. The highest BCUT2D eigenvalue weighted by molar-refractivity contribution is 7.99. The van der Waals surface area contributed by atoms with Crippen LogP contribution in [0.4, 0.5) is 5.69 Å². The number of carbonyl (C=O) groups excluding carboxylic acids is 1. The van der Waals surface area contributed by atoms with Gasteiger partial charge in [-0.05, 0) is 81.5 Å². The fourth-order valence-corrected chi connectivity index (χ4v) is 6.45. The topological polar surface area (TPSA) is 73.2 Å². The minimum atomic E-state index is -0.142. The minimum Gasteiger partial charge on any atom is -0.494 e. The molecule has 1 amide bonds. The van der Waals surface area contributed by atoms with Gasteiger partial charge in [0.25, 0.3) is 5.56 Å². The number of thiophene rings is 1. The maximum absolute atomic E-state index is 13.8. The number of aryl methyl sites for hydroxylation is 3. The van der Waals surface area contributed by atoms with Gasteiger partial charge in [0.05, 0.1) is 23.4 Å². The van der Waals surface area contributed by atoms with Gasteiger partial charge in [-0.15, -0.1) is 11.3 Å². The zero-order valence-corrected chi connectivity index (χ0v) is 21.4. The molecule has 1 N–H and O–H groups in total. The van der Waals surface area contributed by atoms with Crippen molar-refractivity contribution in [1.82, 2.24) is 9.55 Å². The summed E-state index contributed by atoms with van der Waals surface area (Å²) in [5, 5.41) is 4.17. The Morgan fingerprint density at radius 1 is 1.11 bits per heavy atom. The zero-order chi connectivity index (χ0) is 24.4. The van der Waals surface area contributed by atoms with Crippen LogP contribution in [0.2, 0.25) is 0 Å². The molecule has 1 aliphatic rings. The summed E-state index contributed by atoms with van der Waals surface area (Å²) < 4.78 is 7.22. The maximum atomic E-state index is 13.8. The molecule has 0 aliphatic heterocycles. The summed E-state index contributed by atoms with van der Waals surface area (Å²) in [5.41, 5.74) is 3.68. The number of anilines is 1. The van der Waals surface area contributed by atoms with E-state index in [9.17, 15) is 9.59 Å². The minimum absolute atomic E-state index is 0.0694. The van der Waals surface area contributed by atoms with Crippen LogP contribution in [0.25, 0.3) is 15.9 Å². The van der Waals surface area contributed by atoms with Gasteiger partial charge in [-0.25, -0.2) is 4.98 Å². The van der Waals surface area contributed by atoms with Crippen LogP contribution >= 0.6 is 23.1 Å². The van der Waals surface area contributed by atoms with Crippen LogP contribution in [0, 0.1) is 6.92 Å². The highest BCUT2D eigenvalue weighted by Crippen LogP contribution is 2.35. The van der Waals surface area contributed by atoms with Gasteiger partial charge in [-0.1, -0.05) is 29.5 Å². The smallest absolute Gasteiger partial charge is 0.267 e. The lowest BCUT2D eigenvalue weighted by Gasteiger charge is -2.14. The van der Waals surface area contributed by atoms with Gasteiger partial charge in [0, 0.05) is 10.6 Å². The van der Waals surface area contributed by atoms with Crippen LogP contribution in [-0.2, 0) is 17.6 Å². The molecule has 6 nitrogen and oxygen atoms in total. The van der Waals surface area contributed by atoms with Crippen LogP contribution in [0.3, 0.4) is 0 Å². The van der Waals surface area contributed by atoms with Crippen LogP contribution < -0.4 is 15.6 Å². The predicted octanol–water partition coefficient (Wildman–Crippen LogP) is 5.76. The standard InChI is InChI=1S/C27H27N3O3S2/c1-3-33-20-14-12-19(13-15-20)30-26(32)24-21-6-4-5-7-22(21)35-25(24)29-27(30)34-16-23(31)28-18-10-8-17(2)9-11-18/h8-15H,3-7,16H2,1-2H3,(H,28,31). The first-order chi connectivity index (χ1) is 17.0. The Hall–Kier alpha value is -3.10. The number of amides is 1. The molecule has 0 bridgehead atoms. The molecule has 2 heterocycles. The molecule has 180 valence electrons. The second-order valence-electron chi connectivity index (χ2n) is 8.56. The van der Waals surface area contributed by atoms with Crippen LogP contribution in [0.15, 0.2) is 58.5 Å². The van der Waals surface area contributed by atoms with Gasteiger partial charge in [-0.3, -0.25) is 14.2 Å². The van der Waals surface area contributed by atoms with E-state index in [4.69, 9.17) is 9.72 Å². The predicted molar refractivity (Wildman–Crippen MR) is 144 cm³/mol. The summed E-state index contributed by atoms with van der Waals surface area (Å²) in [7, 11) is 0. The fourth-order valence-electron chi connectivity index (χ4n) is 4.33. The molecule has 35 heavy (non-hydrogen) atoms. The number of benzene rings is 2. The average Bonchev–Trinajstić information content (AvgIpc) is 3.24. The molecule has 2 aromatic carbocycles. The van der Waals surface area contributed by atoms with E-state index in [0.717, 1.165) is 58.5 Å². The van der Waals surface area contributed by atoms with E-state index >= 15 is 0 Å². The molecule has 2 aromatic heterocycles. The molecule has 0 spiro atoms. The largest absolute Gasteiger partial charge is 0.494 e. The molecule has 8 heteroatoms. The van der Waals surface area contributed by atoms with Crippen LogP contribution in [0.1, 0.15) is 35.8 Å². The van der Waals surface area contributed by atoms with E-state index in [1.165, 1.54) is 16.6 Å². The normalized spacial score (nSPS) is 13.0. The molecular formula is C27H27N3O3S2. The molecule has 0 radical (unpaired) electrons. The maximum Gasteiger partial charge on any atom is 0.267 e. The molecule has 0 atom stereocenters. The highest BCUT2D eigenvalue weighted by Gasteiger charge is 2.23. The lowest BCUT2D eigenvalue weighted by atomic mass is 9.97. The Morgan fingerprint density at radius 2 is 1.86 bits per heavy atom. The summed E-state index contributed by atoms with van der Waals surface area (Å²) in [5.74, 6) is 0.753. The first kappa shape index (κ1) is 23.6. The van der Waals surface area contributed by atoms with Crippen LogP contribution in [0.5, 0.6) is 5.75 Å². The quantitative estimate of drug-likeness (QED) is 0.255. The Morgan fingerprint density at radius 3 is 2.60 bits per heavy atom. The second kappa shape index (κ2) is 10.3. The third-order valence-corrected chi connectivity index (χ3v) is 8.16. The molecule has 0 unspecified atom stereocenters. The second-order valence-corrected chi connectivity index (χ2v) is 10.6. The van der Waals surface area contributed by atoms with Crippen molar-refractivity contribution in [3.63, 3.8) is 0 Å². The van der Waals surface area contributed by atoms with Gasteiger partial charge < -0.3 is 10.1 Å². The van der Waals surface area contributed by atoms with Crippen LogP contribution in [-0.4, -0.2) is 27.8 Å². The number of thioether (sulfide) groups is 1. The Bertz CT molecular complexity index is 1420. The Kier molecular flexibility index (Phi) is 6.92. The molecular weight excluding hydrogens is 478 g/mol. The Balaban J connectivity index is 1.50. The average molecular weight is 506 g/mol. The molecule has 0 fully saturated rings. The molecule has 0 saturated heterocycles. The number of aromatic nitrogens is 2. The van der Waals surface area contributed by atoms with Crippen molar-refractivity contribution in [3.8, 4) is 11.4 Å². The number of hydrogen-bond acceptors (Lipinski definition) is 6. The first-order valence-corrected chi connectivity index (χ1v) is 13.6. The number of ether oxygens (including phenoxy) is 1. The van der Waals surface area contributed by atoms with E-state index < -0.39 is 0 Å². The lowest BCUT2D eigenvalue weighted by Crippen LogP contribution is -2.23. The number of nitrogens with one attached hydrogen (secondary N) is 1. The molecule has 5 rings (SSSR count). The van der Waals surface area contributed by atoms with Crippen molar-refractivity contribution >= 4 is 44.9 Å². The number of carbonyl (C=O) groups is 1. The summed E-state index contributed by atoms with van der Waals surface area (Å²) >= 11 is 2.90. The van der Waals surface area contributed by atoms with Gasteiger partial charge in [0.1, 0.15) is 10.6 Å². The van der Waals surface area contributed by atoms with Crippen molar-refractivity contribution in [2.75, 3.05) is 17.7 Å². The summed E-state index contributed by atoms with van der Waals surface area (Å²) in [6, 6.07) is 15.1. The fraction of sp³-hybridized carbons (Fsp3) is 0.296. The molecule has 1 aliphatic carbocycles. The van der Waals surface area contributed by atoms with Gasteiger partial charge in [-0.2, -0.15) is 0 Å². The summed E-state index contributed by atoms with van der Waals surface area (Å²) in [6.07, 6.45) is 4.16. The van der Waals surface area contributed by atoms with Crippen molar-refractivity contribution < 1.29 is 9.53 Å². The van der Waals surface area contributed by atoms with E-state index in [-0.39, 0.29) is 17.2 Å². The number of nitrogens with zero attached hydrogens (tertiary/aromatic N) is 2.